The summed E-state index contributed by atoms with van der Waals surface area (Å²) in [6.45, 7) is 4.54. The fraction of sp³-hybridized carbons (Fsp3) is 0.469. The number of anilines is 2. The number of piperidine rings is 1. The van der Waals surface area contributed by atoms with E-state index in [2.05, 4.69) is 73.1 Å². The number of ether oxygens (including phenoxy) is 2. The largest absolute Gasteiger partial charge is 0.455 e. The molecule has 15 nitrogen and oxygen atoms in total. The summed E-state index contributed by atoms with van der Waals surface area (Å²) in [6, 6.07) is 23.2. The average Bonchev–Trinajstić information content (AvgIpc) is 3.87. The second-order valence-electron chi connectivity index (χ2n) is 19.2. The topological polar surface area (TPSA) is 175 Å². The first-order valence-electron chi connectivity index (χ1n) is 23.1. The number of carbonyl (C=O) groups is 1. The van der Waals surface area contributed by atoms with Gasteiger partial charge in [-0.05, 0) is 137 Å². The van der Waals surface area contributed by atoms with Crippen molar-refractivity contribution in [2.24, 2.45) is 11.3 Å². The van der Waals surface area contributed by atoms with E-state index < -0.39 is 31.4 Å². The average molecular weight is 903 g/mol. The van der Waals surface area contributed by atoms with Crippen LogP contribution in [0, 0.1) is 21.4 Å². The number of rotatable bonds is 14. The number of benzene rings is 3. The Kier molecular flexibility index (Phi) is 11.8. The van der Waals surface area contributed by atoms with E-state index in [0.717, 1.165) is 74.8 Å². The maximum absolute atomic E-state index is 14.0. The minimum atomic E-state index is -4.54. The molecule has 5 aromatic rings. The molecular formula is C49H58N8O7S. The van der Waals surface area contributed by atoms with Crippen LogP contribution in [-0.2, 0) is 14.8 Å². The highest BCUT2D eigenvalue weighted by molar-refractivity contribution is 7.90. The zero-order chi connectivity index (χ0) is 44.9. The van der Waals surface area contributed by atoms with Crippen molar-refractivity contribution in [2.75, 3.05) is 63.7 Å². The molecule has 1 amide bonds. The molecule has 0 radical (unpaired) electrons. The first kappa shape index (κ1) is 43.3. The molecule has 2 aliphatic carbocycles. The molecule has 5 heterocycles. The Morgan fingerprint density at radius 2 is 1.77 bits per heavy atom. The van der Waals surface area contributed by atoms with Crippen LogP contribution < -0.4 is 19.7 Å². The van der Waals surface area contributed by atoms with Crippen LogP contribution in [0.25, 0.3) is 11.0 Å². The summed E-state index contributed by atoms with van der Waals surface area (Å²) in [5.41, 5.74) is 4.73. The highest BCUT2D eigenvalue weighted by Crippen LogP contribution is 2.55. The molecule has 65 heavy (non-hydrogen) atoms. The predicted molar refractivity (Wildman–Crippen MR) is 249 cm³/mol. The number of carbonyl (C=O) groups excluding carboxylic acids is 1. The van der Waals surface area contributed by atoms with E-state index in [1.165, 1.54) is 37.8 Å². The third-order valence-corrected chi connectivity index (χ3v) is 16.2. The van der Waals surface area contributed by atoms with Crippen LogP contribution in [0.15, 0.2) is 90.1 Å². The molecule has 2 aromatic heterocycles. The van der Waals surface area contributed by atoms with Crippen LogP contribution in [-0.4, -0.2) is 105 Å². The van der Waals surface area contributed by atoms with E-state index >= 15 is 0 Å². The van der Waals surface area contributed by atoms with Crippen LogP contribution in [0.2, 0.25) is 0 Å². The summed E-state index contributed by atoms with van der Waals surface area (Å²) in [5.74, 6) is 0.606. The number of aromatic amines is 1. The SMILES string of the molecule is CN(C)C1CC(c2ccccc2C2CC2)N(C2CC3(CCN(c4ccc(C(=O)NS(=O)(=O)c5ccc(NCC6CCOCC6)c([N+](=O)[O-])c5)c(Oc5cnc6[nH]ccc6c5)c4)CC3)C2)C1. The number of nitro benzene ring substituents is 1. The van der Waals surface area contributed by atoms with Crippen molar-refractivity contribution in [1.82, 2.24) is 24.5 Å². The first-order chi connectivity index (χ1) is 31.4. The van der Waals surface area contributed by atoms with Gasteiger partial charge in [-0.15, -0.1) is 0 Å². The number of sulfonamides is 1. The van der Waals surface area contributed by atoms with E-state index in [4.69, 9.17) is 9.47 Å². The van der Waals surface area contributed by atoms with Crippen molar-refractivity contribution in [3.05, 3.63) is 112 Å². The van der Waals surface area contributed by atoms with Gasteiger partial charge in [-0.25, -0.2) is 18.1 Å². The molecule has 3 saturated heterocycles. The molecule has 2 atom stereocenters. The number of hydrogen-bond acceptors (Lipinski definition) is 12. The molecule has 342 valence electrons. The van der Waals surface area contributed by atoms with Crippen LogP contribution in [0.4, 0.5) is 17.1 Å². The molecule has 0 bridgehead atoms. The maximum atomic E-state index is 14.0. The van der Waals surface area contributed by atoms with Crippen molar-refractivity contribution in [3.63, 3.8) is 0 Å². The highest BCUT2D eigenvalue weighted by Gasteiger charge is 2.51. The van der Waals surface area contributed by atoms with Gasteiger partial charge in [-0.1, -0.05) is 24.3 Å². The molecule has 1 spiro atoms. The Morgan fingerprint density at radius 3 is 2.51 bits per heavy atom. The van der Waals surface area contributed by atoms with Crippen molar-refractivity contribution in [3.8, 4) is 11.5 Å². The van der Waals surface area contributed by atoms with Crippen LogP contribution in [0.5, 0.6) is 11.5 Å². The number of aromatic nitrogens is 2. The third kappa shape index (κ3) is 9.05. The number of nitrogens with zero attached hydrogens (tertiary/aromatic N) is 5. The van der Waals surface area contributed by atoms with E-state index in [1.807, 2.05) is 12.1 Å². The maximum Gasteiger partial charge on any atom is 0.293 e. The highest BCUT2D eigenvalue weighted by atomic mass is 32.2. The van der Waals surface area contributed by atoms with Crippen LogP contribution >= 0.6 is 0 Å². The number of likely N-dealkylation sites (tertiary alicyclic amines) is 1. The van der Waals surface area contributed by atoms with Crippen molar-refractivity contribution in [2.45, 2.75) is 86.7 Å². The molecule has 3 aromatic carbocycles. The second kappa shape index (κ2) is 17.7. The number of pyridine rings is 1. The van der Waals surface area contributed by atoms with Gasteiger partial charge in [-0.3, -0.25) is 19.8 Å². The van der Waals surface area contributed by atoms with E-state index in [9.17, 15) is 23.3 Å². The normalized spacial score (nSPS) is 21.7. The lowest BCUT2D eigenvalue weighted by Gasteiger charge is -2.56. The Bertz CT molecular complexity index is 2680. The number of hydrogen-bond donors (Lipinski definition) is 3. The van der Waals surface area contributed by atoms with Gasteiger partial charge in [-0.2, -0.15) is 0 Å². The Balaban J connectivity index is 0.845. The first-order valence-corrected chi connectivity index (χ1v) is 24.6. The van der Waals surface area contributed by atoms with Crippen molar-refractivity contribution >= 4 is 44.0 Å². The van der Waals surface area contributed by atoms with Gasteiger partial charge in [0.15, 0.2) is 0 Å². The summed E-state index contributed by atoms with van der Waals surface area (Å²) in [6.07, 6.45) is 13.2. The Hall–Kier alpha value is -5.55. The summed E-state index contributed by atoms with van der Waals surface area (Å²) in [5, 5.41) is 16.0. The van der Waals surface area contributed by atoms with Gasteiger partial charge >= 0.3 is 0 Å². The van der Waals surface area contributed by atoms with Gasteiger partial charge in [0.2, 0.25) is 0 Å². The summed E-state index contributed by atoms with van der Waals surface area (Å²) >= 11 is 0. The number of H-pyrrole nitrogens is 1. The van der Waals surface area contributed by atoms with Gasteiger partial charge in [0, 0.05) is 86.9 Å². The lowest BCUT2D eigenvalue weighted by atomic mass is 9.59. The van der Waals surface area contributed by atoms with Crippen LogP contribution in [0.1, 0.15) is 91.2 Å². The van der Waals surface area contributed by atoms with E-state index in [1.54, 1.807) is 41.7 Å². The molecule has 3 N–H and O–H groups in total. The number of nitrogens with one attached hydrogen (secondary N) is 3. The lowest BCUT2D eigenvalue weighted by molar-refractivity contribution is -0.384. The minimum absolute atomic E-state index is 0.00879. The molecule has 10 rings (SSSR count). The summed E-state index contributed by atoms with van der Waals surface area (Å²) in [4.78, 5) is 40.2. The van der Waals surface area contributed by atoms with E-state index in [-0.39, 0.29) is 28.3 Å². The fourth-order valence-electron chi connectivity index (χ4n) is 10.8. The molecule has 5 fully saturated rings. The number of fused-ring (bicyclic) bond motifs is 1. The van der Waals surface area contributed by atoms with Crippen molar-refractivity contribution in [1.29, 1.82) is 0 Å². The molecule has 2 saturated carbocycles. The third-order valence-electron chi connectivity index (χ3n) is 14.9. The summed E-state index contributed by atoms with van der Waals surface area (Å²) in [7, 11) is -0.112. The Morgan fingerprint density at radius 1 is 1.00 bits per heavy atom. The van der Waals surface area contributed by atoms with E-state index in [0.29, 0.717) is 49.3 Å². The zero-order valence-corrected chi connectivity index (χ0v) is 37.9. The number of likely N-dealkylation sites (N-methyl/N-ethyl adjacent to an activating group) is 1. The number of nitro groups is 1. The standard InChI is InChI=1S/C49H58N8O7S/c1-54(2)36-24-44(41-6-4-3-5-40(41)33-7-8-33)56(31-36)37-27-49(28-37)16-19-55(20-17-49)35-9-11-42(46(25-35)64-38-23-34-13-18-50-47(34)52-30-38)48(58)53-65(61,62)39-10-12-43(45(26-39)57(59)60)51-29-32-14-21-63-22-15-32/h3-6,9-13,18,23,25-26,30,32-33,36-37,44,51H,7-8,14-17,19-22,24,27-29,31H2,1-2H3,(H,50,52)(H,53,58). The zero-order valence-electron chi connectivity index (χ0n) is 37.1. The monoisotopic (exact) mass is 902 g/mol. The summed E-state index contributed by atoms with van der Waals surface area (Å²) < 4.78 is 41.4. The quantitative estimate of drug-likeness (QED) is 0.0721. The van der Waals surface area contributed by atoms with Crippen molar-refractivity contribution < 1.29 is 27.6 Å². The smallest absolute Gasteiger partial charge is 0.293 e. The molecule has 5 aliphatic rings. The van der Waals surface area contributed by atoms with Gasteiger partial charge < -0.3 is 29.6 Å². The molecule has 16 heteroatoms. The number of amides is 1. The van der Waals surface area contributed by atoms with Crippen LogP contribution in [0.3, 0.4) is 0 Å². The van der Waals surface area contributed by atoms with Gasteiger partial charge in [0.05, 0.1) is 21.6 Å². The fourth-order valence-corrected chi connectivity index (χ4v) is 11.8. The molecular weight excluding hydrogens is 845 g/mol. The Labute approximate surface area is 380 Å². The molecule has 3 aliphatic heterocycles. The minimum Gasteiger partial charge on any atom is -0.455 e. The second-order valence-corrected chi connectivity index (χ2v) is 20.9. The predicted octanol–water partition coefficient (Wildman–Crippen LogP) is 8.22. The van der Waals surface area contributed by atoms with Gasteiger partial charge in [0.25, 0.3) is 21.6 Å². The lowest BCUT2D eigenvalue weighted by Crippen LogP contribution is -2.55. The van der Waals surface area contributed by atoms with Gasteiger partial charge in [0.1, 0.15) is 22.8 Å². The molecule has 2 unspecified atom stereocenters.